The average molecular weight is 286 g/mol. The molecule has 21 heavy (non-hydrogen) atoms. The maximum Gasteiger partial charge on any atom is 0.0805 e. The van der Waals surface area contributed by atoms with Crippen molar-refractivity contribution >= 4 is 6.08 Å². The number of rotatable bonds is 4. The third-order valence-corrected chi connectivity index (χ3v) is 6.28. The Bertz CT molecular complexity index is 518. The second-order valence-corrected chi connectivity index (χ2v) is 7.45. The molecule has 3 fully saturated rings. The van der Waals surface area contributed by atoms with Gasteiger partial charge in [0.15, 0.2) is 0 Å². The van der Waals surface area contributed by atoms with E-state index >= 15 is 0 Å². The minimum absolute atomic E-state index is 0.0775. The van der Waals surface area contributed by atoms with Crippen molar-refractivity contribution in [3.8, 4) is 0 Å². The fourth-order valence-electron chi connectivity index (χ4n) is 4.69. The lowest BCUT2D eigenvalue weighted by Gasteiger charge is -2.65. The maximum absolute atomic E-state index is 10.8. The first-order valence-electron chi connectivity index (χ1n) is 8.03. The Morgan fingerprint density at radius 2 is 2.00 bits per heavy atom. The van der Waals surface area contributed by atoms with Gasteiger partial charge in [0.1, 0.15) is 0 Å². The number of aliphatic hydroxyl groups is 2. The summed E-state index contributed by atoms with van der Waals surface area (Å²) in [6.45, 7) is 4.67. The second-order valence-electron chi connectivity index (χ2n) is 7.45. The van der Waals surface area contributed by atoms with Crippen LogP contribution in [0.2, 0.25) is 0 Å². The fourth-order valence-corrected chi connectivity index (χ4v) is 4.69. The predicted octanol–water partition coefficient (Wildman–Crippen LogP) is 3.50. The van der Waals surface area contributed by atoms with E-state index in [1.807, 2.05) is 42.5 Å². The Kier molecular flexibility index (Phi) is 3.71. The van der Waals surface area contributed by atoms with Crippen LogP contribution < -0.4 is 0 Å². The van der Waals surface area contributed by atoms with Crippen molar-refractivity contribution in [2.24, 2.45) is 22.7 Å². The Balaban J connectivity index is 1.81. The van der Waals surface area contributed by atoms with Crippen molar-refractivity contribution in [3.63, 3.8) is 0 Å². The van der Waals surface area contributed by atoms with Crippen molar-refractivity contribution in [1.82, 2.24) is 0 Å². The molecule has 114 valence electrons. The molecule has 2 nitrogen and oxygen atoms in total. The highest BCUT2D eigenvalue weighted by atomic mass is 16.3. The van der Waals surface area contributed by atoms with Gasteiger partial charge >= 0.3 is 0 Å². The van der Waals surface area contributed by atoms with Gasteiger partial charge in [0.2, 0.25) is 0 Å². The summed E-state index contributed by atoms with van der Waals surface area (Å²) < 4.78 is 0. The molecule has 2 N–H and O–H groups in total. The predicted molar refractivity (Wildman–Crippen MR) is 85.6 cm³/mol. The minimum atomic E-state index is -0.576. The normalized spacial score (nSPS) is 35.4. The zero-order valence-corrected chi connectivity index (χ0v) is 13.0. The van der Waals surface area contributed by atoms with E-state index in [2.05, 4.69) is 13.8 Å². The largest absolute Gasteiger partial charge is 0.396 e. The lowest BCUT2D eigenvalue weighted by molar-refractivity contribution is -0.202. The minimum Gasteiger partial charge on any atom is -0.396 e. The molecule has 3 aliphatic rings. The zero-order valence-electron chi connectivity index (χ0n) is 13.0. The second kappa shape index (κ2) is 5.26. The van der Waals surface area contributed by atoms with E-state index in [-0.39, 0.29) is 17.4 Å². The Labute approximate surface area is 127 Å². The van der Waals surface area contributed by atoms with Crippen LogP contribution in [0.3, 0.4) is 0 Å². The topological polar surface area (TPSA) is 40.5 Å². The molecule has 4 rings (SSSR count). The number of benzene rings is 1. The van der Waals surface area contributed by atoms with Crippen molar-refractivity contribution < 1.29 is 10.2 Å². The first-order chi connectivity index (χ1) is 10.0. The first kappa shape index (κ1) is 14.8. The average Bonchev–Trinajstić information content (AvgIpc) is 2.53. The van der Waals surface area contributed by atoms with Crippen LogP contribution in [0.25, 0.3) is 6.08 Å². The molecule has 1 aromatic rings. The molecule has 3 aliphatic carbocycles. The highest BCUT2D eigenvalue weighted by Gasteiger charge is 2.62. The lowest BCUT2D eigenvalue weighted by Crippen LogP contribution is -2.62. The van der Waals surface area contributed by atoms with Gasteiger partial charge in [-0.2, -0.15) is 0 Å². The quantitative estimate of drug-likeness (QED) is 0.889. The molecule has 1 aromatic carbocycles. The summed E-state index contributed by atoms with van der Waals surface area (Å²) in [6, 6.07) is 10.0. The smallest absolute Gasteiger partial charge is 0.0805 e. The highest BCUT2D eigenvalue weighted by molar-refractivity contribution is 5.49. The van der Waals surface area contributed by atoms with Crippen LogP contribution >= 0.6 is 0 Å². The van der Waals surface area contributed by atoms with Crippen LogP contribution in [0, 0.1) is 22.7 Å². The molecule has 0 amide bonds. The zero-order chi connectivity index (χ0) is 15.1. The molecule has 0 aromatic heterocycles. The summed E-state index contributed by atoms with van der Waals surface area (Å²) in [6.07, 6.45) is 6.49. The van der Waals surface area contributed by atoms with E-state index in [0.717, 1.165) is 30.7 Å². The standard InChI is InChI=1S/C19H26O2/c1-18(2)15-10-11-19(13-20,16(18)12-15)17(21)9-8-14-6-4-3-5-7-14/h3-9,15-17,20-21H,10-13H2,1-2H3/b9-8+/t15-,16+,17-,19+/m0/s1. The summed E-state index contributed by atoms with van der Waals surface area (Å²) in [5.41, 5.74) is 0.984. The Morgan fingerprint density at radius 1 is 1.29 bits per heavy atom. The summed E-state index contributed by atoms with van der Waals surface area (Å²) in [5.74, 6) is 1.19. The molecule has 0 aliphatic heterocycles. The van der Waals surface area contributed by atoms with Crippen molar-refractivity contribution in [2.45, 2.75) is 39.2 Å². The van der Waals surface area contributed by atoms with Gasteiger partial charge in [-0.15, -0.1) is 0 Å². The molecule has 0 radical (unpaired) electrons. The highest BCUT2D eigenvalue weighted by Crippen LogP contribution is 2.66. The van der Waals surface area contributed by atoms with E-state index in [9.17, 15) is 10.2 Å². The molecule has 0 saturated heterocycles. The van der Waals surface area contributed by atoms with Crippen molar-refractivity contribution in [2.75, 3.05) is 6.61 Å². The van der Waals surface area contributed by atoms with Crippen LogP contribution in [0.4, 0.5) is 0 Å². The summed E-state index contributed by atoms with van der Waals surface area (Å²) in [5, 5.41) is 20.8. The molecule has 3 saturated carbocycles. The monoisotopic (exact) mass is 286 g/mol. The molecule has 2 heteroatoms. The van der Waals surface area contributed by atoms with Gasteiger partial charge in [0.25, 0.3) is 0 Å². The van der Waals surface area contributed by atoms with Gasteiger partial charge in [-0.25, -0.2) is 0 Å². The number of fused-ring (bicyclic) bond motifs is 2. The van der Waals surface area contributed by atoms with E-state index in [0.29, 0.717) is 5.92 Å². The van der Waals surface area contributed by atoms with E-state index in [4.69, 9.17) is 0 Å². The summed E-state index contributed by atoms with van der Waals surface area (Å²) in [7, 11) is 0. The van der Waals surface area contributed by atoms with E-state index in [1.54, 1.807) is 0 Å². The van der Waals surface area contributed by atoms with Crippen LogP contribution in [0.5, 0.6) is 0 Å². The molecule has 0 unspecified atom stereocenters. The Morgan fingerprint density at radius 3 is 2.57 bits per heavy atom. The van der Waals surface area contributed by atoms with E-state index in [1.165, 1.54) is 0 Å². The van der Waals surface area contributed by atoms with Crippen LogP contribution in [0.15, 0.2) is 36.4 Å². The van der Waals surface area contributed by atoms with Crippen LogP contribution in [0.1, 0.15) is 38.7 Å². The maximum atomic E-state index is 10.8. The molecule has 0 heterocycles. The SMILES string of the molecule is CC1(C)[C@H]2CC[C@](CO)([C@@H](O)/C=C/c3ccccc3)[C@@H]1C2. The van der Waals surface area contributed by atoms with Crippen LogP contribution in [-0.2, 0) is 0 Å². The summed E-state index contributed by atoms with van der Waals surface area (Å²) in [4.78, 5) is 0. The number of hydrogen-bond acceptors (Lipinski definition) is 2. The van der Waals surface area contributed by atoms with E-state index < -0.39 is 6.10 Å². The molecular weight excluding hydrogens is 260 g/mol. The Hall–Kier alpha value is -1.12. The fraction of sp³-hybridized carbons (Fsp3) is 0.579. The lowest BCUT2D eigenvalue weighted by atomic mass is 9.40. The van der Waals surface area contributed by atoms with Gasteiger partial charge in [0, 0.05) is 5.41 Å². The molecule has 2 bridgehead atoms. The summed E-state index contributed by atoms with van der Waals surface area (Å²) >= 11 is 0. The van der Waals surface area contributed by atoms with Gasteiger partial charge in [-0.1, -0.05) is 56.3 Å². The van der Waals surface area contributed by atoms with Gasteiger partial charge in [-0.05, 0) is 42.1 Å². The van der Waals surface area contributed by atoms with Crippen molar-refractivity contribution in [3.05, 3.63) is 42.0 Å². The van der Waals surface area contributed by atoms with Crippen LogP contribution in [-0.4, -0.2) is 22.9 Å². The van der Waals surface area contributed by atoms with Crippen molar-refractivity contribution in [1.29, 1.82) is 0 Å². The number of aliphatic hydroxyl groups excluding tert-OH is 2. The third kappa shape index (κ3) is 2.25. The van der Waals surface area contributed by atoms with Gasteiger partial charge in [-0.3, -0.25) is 0 Å². The number of hydrogen-bond donors (Lipinski definition) is 2. The van der Waals surface area contributed by atoms with Gasteiger partial charge in [0.05, 0.1) is 12.7 Å². The van der Waals surface area contributed by atoms with Gasteiger partial charge < -0.3 is 10.2 Å². The molecule has 0 spiro atoms. The molecule has 4 atom stereocenters. The first-order valence-corrected chi connectivity index (χ1v) is 8.03. The third-order valence-electron chi connectivity index (χ3n) is 6.28. The molecular formula is C19H26O2.